The molecule has 0 N–H and O–H groups in total. The Labute approximate surface area is 125 Å². The number of fused-ring (bicyclic) bond motifs is 1. The average Bonchev–Trinajstić information content (AvgIpc) is 3.00. The van der Waals surface area contributed by atoms with Crippen molar-refractivity contribution < 1.29 is 0 Å². The van der Waals surface area contributed by atoms with E-state index in [1.54, 1.807) is 0 Å². The number of halogens is 1. The molecule has 1 fully saturated rings. The molecule has 0 saturated heterocycles. The first-order chi connectivity index (χ1) is 9.54. The summed E-state index contributed by atoms with van der Waals surface area (Å²) in [6.45, 7) is 6.75. The van der Waals surface area contributed by atoms with Gasteiger partial charge in [0.05, 0.1) is 5.69 Å². The number of hydrogen-bond donors (Lipinski definition) is 0. The summed E-state index contributed by atoms with van der Waals surface area (Å²) in [5, 5.41) is 4.53. The molecule has 2 aromatic heterocycles. The van der Waals surface area contributed by atoms with E-state index >= 15 is 0 Å². The van der Waals surface area contributed by atoms with Crippen LogP contribution in [0, 0.1) is 18.8 Å². The fourth-order valence-corrected chi connectivity index (χ4v) is 3.82. The van der Waals surface area contributed by atoms with Crippen molar-refractivity contribution in [3.63, 3.8) is 0 Å². The number of aromatic nitrogens is 4. The van der Waals surface area contributed by atoms with Gasteiger partial charge in [-0.3, -0.25) is 4.68 Å². The van der Waals surface area contributed by atoms with Gasteiger partial charge in [-0.15, -0.1) is 11.6 Å². The standard InChI is InChI=1S/C15H23ClN4/c1-9-5-6-12(10(9)2)20-13(7-8-16)17-14-11(3)18-19(4)15(14)20/h9-10,12H,5-8H2,1-4H3. The fraction of sp³-hybridized carbons (Fsp3) is 0.733. The van der Waals surface area contributed by atoms with Crippen LogP contribution in [0.15, 0.2) is 0 Å². The lowest BCUT2D eigenvalue weighted by molar-refractivity contribution is 0.349. The summed E-state index contributed by atoms with van der Waals surface area (Å²) in [5.74, 6) is 3.19. The van der Waals surface area contributed by atoms with Crippen molar-refractivity contribution in [2.24, 2.45) is 18.9 Å². The Kier molecular flexibility index (Phi) is 3.53. The first-order valence-corrected chi connectivity index (χ1v) is 8.04. The number of hydrogen-bond acceptors (Lipinski definition) is 2. The van der Waals surface area contributed by atoms with Crippen molar-refractivity contribution in [3.05, 3.63) is 11.5 Å². The molecule has 3 atom stereocenters. The molecule has 110 valence electrons. The molecule has 0 amide bonds. The number of alkyl halides is 1. The molecule has 3 unspecified atom stereocenters. The third-order valence-electron chi connectivity index (χ3n) is 4.98. The van der Waals surface area contributed by atoms with Gasteiger partial charge in [-0.05, 0) is 31.6 Å². The van der Waals surface area contributed by atoms with E-state index in [2.05, 4.69) is 23.5 Å². The number of rotatable bonds is 3. The minimum Gasteiger partial charge on any atom is -0.309 e. The van der Waals surface area contributed by atoms with Crippen LogP contribution in [0.3, 0.4) is 0 Å². The molecule has 2 aromatic rings. The van der Waals surface area contributed by atoms with Gasteiger partial charge in [0.15, 0.2) is 5.65 Å². The summed E-state index contributed by atoms with van der Waals surface area (Å²) in [6.07, 6.45) is 3.35. The monoisotopic (exact) mass is 294 g/mol. The van der Waals surface area contributed by atoms with E-state index in [1.165, 1.54) is 12.8 Å². The Balaban J connectivity index is 2.18. The highest BCUT2D eigenvalue weighted by atomic mass is 35.5. The molecule has 0 spiro atoms. The summed E-state index contributed by atoms with van der Waals surface area (Å²) in [4.78, 5) is 4.82. The molecular formula is C15H23ClN4. The van der Waals surface area contributed by atoms with Crippen molar-refractivity contribution >= 4 is 22.8 Å². The van der Waals surface area contributed by atoms with Gasteiger partial charge in [-0.1, -0.05) is 13.8 Å². The van der Waals surface area contributed by atoms with Crippen LogP contribution in [0.25, 0.3) is 11.2 Å². The molecule has 0 aromatic carbocycles. The van der Waals surface area contributed by atoms with E-state index in [1.807, 2.05) is 18.7 Å². The Bertz CT molecular complexity index is 627. The van der Waals surface area contributed by atoms with Crippen LogP contribution in [-0.2, 0) is 13.5 Å². The summed E-state index contributed by atoms with van der Waals surface area (Å²) in [6, 6.07) is 0.531. The molecule has 0 radical (unpaired) electrons. The topological polar surface area (TPSA) is 35.6 Å². The first-order valence-electron chi connectivity index (χ1n) is 7.51. The minimum absolute atomic E-state index is 0.531. The number of nitrogens with zero attached hydrogens (tertiary/aromatic N) is 4. The van der Waals surface area contributed by atoms with Crippen LogP contribution in [0.1, 0.15) is 44.2 Å². The molecule has 20 heavy (non-hydrogen) atoms. The van der Waals surface area contributed by atoms with Gasteiger partial charge in [0.25, 0.3) is 0 Å². The van der Waals surface area contributed by atoms with Gasteiger partial charge < -0.3 is 4.57 Å². The van der Waals surface area contributed by atoms with Gasteiger partial charge in [-0.2, -0.15) is 5.10 Å². The molecule has 1 aliphatic carbocycles. The van der Waals surface area contributed by atoms with Crippen molar-refractivity contribution in [1.29, 1.82) is 0 Å². The Morgan fingerprint density at radius 2 is 2.05 bits per heavy atom. The van der Waals surface area contributed by atoms with E-state index in [0.717, 1.165) is 35.0 Å². The predicted molar refractivity (Wildman–Crippen MR) is 82.3 cm³/mol. The maximum Gasteiger partial charge on any atom is 0.158 e. The molecule has 1 aliphatic rings. The van der Waals surface area contributed by atoms with Crippen LogP contribution in [0.5, 0.6) is 0 Å². The first kappa shape index (κ1) is 13.9. The van der Waals surface area contributed by atoms with Crippen LogP contribution < -0.4 is 0 Å². The highest BCUT2D eigenvalue weighted by molar-refractivity contribution is 6.17. The van der Waals surface area contributed by atoms with E-state index in [-0.39, 0.29) is 0 Å². The molecule has 3 rings (SSSR count). The largest absolute Gasteiger partial charge is 0.309 e. The van der Waals surface area contributed by atoms with E-state index in [4.69, 9.17) is 16.6 Å². The zero-order valence-electron chi connectivity index (χ0n) is 12.7. The molecule has 1 saturated carbocycles. The third-order valence-corrected chi connectivity index (χ3v) is 5.17. The van der Waals surface area contributed by atoms with Crippen LogP contribution in [-0.4, -0.2) is 25.2 Å². The second-order valence-corrected chi connectivity index (χ2v) is 6.58. The van der Waals surface area contributed by atoms with Crippen LogP contribution >= 0.6 is 11.6 Å². The van der Waals surface area contributed by atoms with E-state index in [0.29, 0.717) is 17.8 Å². The Morgan fingerprint density at radius 1 is 1.30 bits per heavy atom. The summed E-state index contributed by atoms with van der Waals surface area (Å²) in [5.41, 5.74) is 3.21. The van der Waals surface area contributed by atoms with Crippen molar-refractivity contribution in [1.82, 2.24) is 19.3 Å². The molecule has 2 heterocycles. The smallest absolute Gasteiger partial charge is 0.158 e. The SMILES string of the molecule is Cc1nn(C)c2c1nc(CCCl)n2C1CCC(C)C1C. The summed E-state index contributed by atoms with van der Waals surface area (Å²) >= 11 is 5.98. The van der Waals surface area contributed by atoms with Gasteiger partial charge in [-0.25, -0.2) is 4.98 Å². The highest BCUT2D eigenvalue weighted by Gasteiger charge is 2.34. The molecular weight excluding hydrogens is 272 g/mol. The minimum atomic E-state index is 0.531. The lowest BCUT2D eigenvalue weighted by Gasteiger charge is -2.22. The third kappa shape index (κ3) is 1.96. The van der Waals surface area contributed by atoms with Gasteiger partial charge in [0.2, 0.25) is 0 Å². The van der Waals surface area contributed by atoms with Crippen molar-refractivity contribution in [3.8, 4) is 0 Å². The van der Waals surface area contributed by atoms with Crippen molar-refractivity contribution in [2.45, 2.75) is 46.1 Å². The highest BCUT2D eigenvalue weighted by Crippen LogP contribution is 2.42. The second-order valence-electron chi connectivity index (χ2n) is 6.20. The number of aryl methyl sites for hydroxylation is 3. The predicted octanol–water partition coefficient (Wildman–Crippen LogP) is 3.47. The lowest BCUT2D eigenvalue weighted by atomic mass is 9.97. The molecule has 0 aliphatic heterocycles. The lowest BCUT2D eigenvalue weighted by Crippen LogP contribution is -2.18. The second kappa shape index (κ2) is 5.06. The summed E-state index contributed by atoms with van der Waals surface area (Å²) < 4.78 is 4.40. The maximum atomic E-state index is 5.98. The van der Waals surface area contributed by atoms with E-state index in [9.17, 15) is 0 Å². The molecule has 4 nitrogen and oxygen atoms in total. The quantitative estimate of drug-likeness (QED) is 0.813. The van der Waals surface area contributed by atoms with Gasteiger partial charge in [0.1, 0.15) is 11.3 Å². The Morgan fingerprint density at radius 3 is 2.65 bits per heavy atom. The van der Waals surface area contributed by atoms with E-state index < -0.39 is 0 Å². The fourth-order valence-electron chi connectivity index (χ4n) is 3.65. The average molecular weight is 295 g/mol. The Hall–Kier alpha value is -1.03. The molecule has 0 bridgehead atoms. The normalized spacial score (nSPS) is 26.8. The van der Waals surface area contributed by atoms with Gasteiger partial charge in [0, 0.05) is 25.4 Å². The van der Waals surface area contributed by atoms with Crippen molar-refractivity contribution in [2.75, 3.05) is 5.88 Å². The number of imidazole rings is 1. The zero-order valence-corrected chi connectivity index (χ0v) is 13.5. The molecule has 5 heteroatoms. The maximum absolute atomic E-state index is 5.98. The van der Waals surface area contributed by atoms with Gasteiger partial charge >= 0.3 is 0 Å². The zero-order chi connectivity index (χ0) is 14.4. The van der Waals surface area contributed by atoms with Crippen LogP contribution in [0.4, 0.5) is 0 Å². The summed E-state index contributed by atoms with van der Waals surface area (Å²) in [7, 11) is 2.01. The van der Waals surface area contributed by atoms with Crippen LogP contribution in [0.2, 0.25) is 0 Å².